The minimum Gasteiger partial charge on any atom is -0.359 e. The van der Waals surface area contributed by atoms with Gasteiger partial charge in [0.15, 0.2) is 0 Å². The monoisotopic (exact) mass is 278 g/mol. The van der Waals surface area contributed by atoms with Crippen molar-refractivity contribution in [1.29, 1.82) is 0 Å². The van der Waals surface area contributed by atoms with Gasteiger partial charge in [-0.2, -0.15) is 0 Å². The molecular weight excluding hydrogens is 254 g/mol. The first-order chi connectivity index (χ1) is 8.20. The van der Waals surface area contributed by atoms with Crippen LogP contribution in [0.5, 0.6) is 0 Å². The lowest BCUT2D eigenvalue weighted by molar-refractivity contribution is -0.0211. The zero-order chi connectivity index (χ0) is 12.9. The molecule has 100 valence electrons. The Morgan fingerprint density at radius 3 is 2.65 bits per heavy atom. The van der Waals surface area contributed by atoms with Crippen molar-refractivity contribution in [3.8, 4) is 0 Å². The molecule has 0 N–H and O–H groups in total. The van der Waals surface area contributed by atoms with Crippen LogP contribution >= 0.6 is 17.4 Å². The first kappa shape index (κ1) is 17.2. The summed E-state index contributed by atoms with van der Waals surface area (Å²) < 4.78 is 15.3. The summed E-state index contributed by atoms with van der Waals surface area (Å²) in [5.41, 5.74) is 2.62. The molecule has 17 heavy (non-hydrogen) atoms. The van der Waals surface area contributed by atoms with Gasteiger partial charge in [0.2, 0.25) is 0 Å². The van der Waals surface area contributed by atoms with Crippen LogP contribution in [0.15, 0.2) is 23.3 Å². The Morgan fingerprint density at radius 2 is 2.00 bits per heavy atom. The molecule has 0 rings (SSSR count). The molecule has 0 aromatic carbocycles. The highest BCUT2D eigenvalue weighted by Gasteiger charge is 1.92. The van der Waals surface area contributed by atoms with Gasteiger partial charge in [-0.3, -0.25) is 0 Å². The zero-order valence-corrected chi connectivity index (χ0v) is 13.1. The molecule has 0 saturated heterocycles. The molecule has 0 fully saturated rings. The van der Waals surface area contributed by atoms with Crippen molar-refractivity contribution in [3.05, 3.63) is 23.3 Å². The summed E-state index contributed by atoms with van der Waals surface area (Å²) in [5.74, 6) is 0. The first-order valence-electron chi connectivity index (χ1n) is 5.66. The van der Waals surface area contributed by atoms with Gasteiger partial charge in [-0.25, -0.2) is 0 Å². The summed E-state index contributed by atoms with van der Waals surface area (Å²) >= 11 is 0. The van der Waals surface area contributed by atoms with E-state index in [1.165, 1.54) is 11.1 Å². The van der Waals surface area contributed by atoms with E-state index in [1.54, 1.807) is 7.11 Å². The molecule has 0 amide bonds. The predicted molar refractivity (Wildman–Crippen MR) is 78.6 cm³/mol. The molecule has 0 aliphatic carbocycles. The van der Waals surface area contributed by atoms with E-state index >= 15 is 0 Å². The second-order valence-electron chi connectivity index (χ2n) is 3.82. The van der Waals surface area contributed by atoms with Crippen molar-refractivity contribution in [3.63, 3.8) is 0 Å². The van der Waals surface area contributed by atoms with E-state index < -0.39 is 0 Å². The maximum absolute atomic E-state index is 5.26. The Labute approximate surface area is 109 Å². The second kappa shape index (κ2) is 12.7. The third-order valence-electron chi connectivity index (χ3n) is 2.16. The van der Waals surface area contributed by atoms with Gasteiger partial charge in [-0.1, -0.05) is 32.2 Å². The van der Waals surface area contributed by atoms with E-state index in [0.29, 0.717) is 28.5 Å². The molecule has 0 radical (unpaired) electrons. The Hall–Kier alpha value is 0.220. The highest BCUT2D eigenvalue weighted by molar-refractivity contribution is 8.00. The van der Waals surface area contributed by atoms with Gasteiger partial charge in [0.05, 0.1) is 13.2 Å². The van der Waals surface area contributed by atoms with E-state index in [2.05, 4.69) is 34.9 Å². The lowest BCUT2D eigenvalue weighted by atomic mass is 10.1. The quantitative estimate of drug-likeness (QED) is 0.264. The fourth-order valence-corrected chi connectivity index (χ4v) is 1.69. The van der Waals surface area contributed by atoms with E-state index in [-0.39, 0.29) is 0 Å². The zero-order valence-electron chi connectivity index (χ0n) is 11.0. The Balaban J connectivity index is 3.65. The number of hydrogen-bond donors (Lipinski definition) is 0. The van der Waals surface area contributed by atoms with E-state index in [9.17, 15) is 0 Å². The lowest BCUT2D eigenvalue weighted by Crippen LogP contribution is -1.99. The maximum atomic E-state index is 5.26. The van der Waals surface area contributed by atoms with Crippen LogP contribution in [0.25, 0.3) is 0 Å². The molecule has 0 saturated carbocycles. The van der Waals surface area contributed by atoms with Crippen LogP contribution in [-0.2, 0) is 14.0 Å². The third kappa shape index (κ3) is 12.5. The highest BCUT2D eigenvalue weighted by atomic mass is 32.0. The molecular formula is C12H24O3P2. The van der Waals surface area contributed by atoms with Crippen LogP contribution in [0.4, 0.5) is 0 Å². The minimum atomic E-state index is 0.358. The van der Waals surface area contributed by atoms with Crippen molar-refractivity contribution >= 4 is 17.4 Å². The largest absolute Gasteiger partial charge is 0.359 e. The molecule has 2 unspecified atom stereocenters. The van der Waals surface area contributed by atoms with Crippen LogP contribution in [0.1, 0.15) is 26.7 Å². The van der Waals surface area contributed by atoms with Crippen LogP contribution < -0.4 is 0 Å². The van der Waals surface area contributed by atoms with E-state index in [4.69, 9.17) is 14.0 Å². The number of rotatable bonds is 10. The number of ether oxygens (including phenoxy) is 2. The molecule has 0 aromatic heterocycles. The van der Waals surface area contributed by atoms with Crippen molar-refractivity contribution in [2.75, 3.05) is 27.1 Å². The second-order valence-corrected chi connectivity index (χ2v) is 5.05. The summed E-state index contributed by atoms with van der Waals surface area (Å²) in [6.07, 6.45) is 6.48. The number of methoxy groups -OCH3 is 1. The standard InChI is InChI=1S/C12H24O3P2/c1-11(7-8-15-17-16)5-4-6-12(2)9-14-10-13-3/h6-7,17H,4-5,8-10,16H2,1-3H3/b11-7+,12-6+. The molecule has 2 atom stereocenters. The topological polar surface area (TPSA) is 27.7 Å². The average Bonchev–Trinajstić information content (AvgIpc) is 2.30. The van der Waals surface area contributed by atoms with E-state index in [0.717, 1.165) is 12.8 Å². The molecule has 0 bridgehead atoms. The molecule has 0 aromatic rings. The number of allylic oxidation sites excluding steroid dienone is 2. The molecule has 5 heteroatoms. The average molecular weight is 278 g/mol. The van der Waals surface area contributed by atoms with Crippen molar-refractivity contribution in [2.24, 2.45) is 0 Å². The number of hydrogen-bond acceptors (Lipinski definition) is 3. The van der Waals surface area contributed by atoms with Crippen molar-refractivity contribution in [1.82, 2.24) is 0 Å². The molecule has 0 heterocycles. The predicted octanol–water partition coefficient (Wildman–Crippen LogP) is 3.68. The van der Waals surface area contributed by atoms with Crippen LogP contribution in [-0.4, -0.2) is 27.1 Å². The summed E-state index contributed by atoms with van der Waals surface area (Å²) in [5, 5.41) is 0. The minimum absolute atomic E-state index is 0.358. The third-order valence-corrected chi connectivity index (χ3v) is 2.99. The molecule has 0 aliphatic heterocycles. The fraction of sp³-hybridized carbons (Fsp3) is 0.667. The van der Waals surface area contributed by atoms with E-state index in [1.807, 2.05) is 0 Å². The van der Waals surface area contributed by atoms with Gasteiger partial charge in [-0.15, -0.1) is 0 Å². The van der Waals surface area contributed by atoms with Gasteiger partial charge in [0.25, 0.3) is 0 Å². The molecule has 0 spiro atoms. The smallest absolute Gasteiger partial charge is 0.146 e. The summed E-state index contributed by atoms with van der Waals surface area (Å²) in [6, 6.07) is 0. The Morgan fingerprint density at radius 1 is 1.24 bits per heavy atom. The van der Waals surface area contributed by atoms with Gasteiger partial charge in [0, 0.05) is 15.6 Å². The summed E-state index contributed by atoms with van der Waals surface area (Å²) in [7, 11) is 4.69. The SMILES string of the molecule is COCOC/C(C)=C/CC/C(C)=C/COPP. The van der Waals surface area contributed by atoms with Gasteiger partial charge in [-0.05, 0) is 26.7 Å². The van der Waals surface area contributed by atoms with Gasteiger partial charge in [0.1, 0.15) is 6.79 Å². The van der Waals surface area contributed by atoms with Crippen molar-refractivity contribution in [2.45, 2.75) is 26.7 Å². The highest BCUT2D eigenvalue weighted by Crippen LogP contribution is 2.21. The van der Waals surface area contributed by atoms with Crippen LogP contribution in [0.3, 0.4) is 0 Å². The Kier molecular flexibility index (Phi) is 12.8. The normalized spacial score (nSPS) is 13.9. The Bertz CT molecular complexity index is 240. The summed E-state index contributed by atoms with van der Waals surface area (Å²) in [6.45, 7) is 5.94. The maximum Gasteiger partial charge on any atom is 0.146 e. The van der Waals surface area contributed by atoms with Gasteiger partial charge < -0.3 is 14.0 Å². The molecule has 0 aliphatic rings. The fourth-order valence-electron chi connectivity index (χ4n) is 1.23. The van der Waals surface area contributed by atoms with Gasteiger partial charge >= 0.3 is 0 Å². The lowest BCUT2D eigenvalue weighted by Gasteiger charge is -2.03. The first-order valence-corrected chi connectivity index (χ1v) is 8.37. The summed E-state index contributed by atoms with van der Waals surface area (Å²) in [4.78, 5) is 0. The molecule has 3 nitrogen and oxygen atoms in total. The van der Waals surface area contributed by atoms with Crippen molar-refractivity contribution < 1.29 is 14.0 Å². The van der Waals surface area contributed by atoms with Crippen LogP contribution in [0, 0.1) is 0 Å². The van der Waals surface area contributed by atoms with Crippen LogP contribution in [0.2, 0.25) is 0 Å².